The summed E-state index contributed by atoms with van der Waals surface area (Å²) in [4.78, 5) is 26.4. The number of ether oxygens (including phenoxy) is 1. The lowest BCUT2D eigenvalue weighted by Gasteiger charge is -2.24. The first-order valence-electron chi connectivity index (χ1n) is 9.24. The van der Waals surface area contributed by atoms with Crippen LogP contribution in [0.3, 0.4) is 0 Å². The Morgan fingerprint density at radius 2 is 1.79 bits per heavy atom. The van der Waals surface area contributed by atoms with Crippen LogP contribution in [0.25, 0.3) is 0 Å². The van der Waals surface area contributed by atoms with Gasteiger partial charge in [0, 0.05) is 17.8 Å². The third-order valence-electron chi connectivity index (χ3n) is 4.39. The molecule has 28 heavy (non-hydrogen) atoms. The minimum absolute atomic E-state index is 0.00512. The lowest BCUT2D eigenvalue weighted by molar-refractivity contribution is -0.118. The number of amides is 2. The van der Waals surface area contributed by atoms with Crippen LogP contribution in [0.1, 0.15) is 38.1 Å². The number of anilines is 2. The zero-order chi connectivity index (χ0) is 20.3. The molecule has 0 radical (unpaired) electrons. The Morgan fingerprint density at radius 3 is 2.36 bits per heavy atom. The average molecular weight is 399 g/mol. The van der Waals surface area contributed by atoms with Gasteiger partial charge in [0.25, 0.3) is 0 Å². The van der Waals surface area contributed by atoms with Crippen molar-refractivity contribution in [2.24, 2.45) is 5.41 Å². The molecular weight excluding hydrogens is 372 g/mol. The number of nitrogens with zero attached hydrogens (tertiary/aromatic N) is 1. The lowest BCUT2D eigenvalue weighted by Crippen LogP contribution is -2.27. The summed E-state index contributed by atoms with van der Waals surface area (Å²) in [6.45, 7) is 6.12. The zero-order valence-corrected chi connectivity index (χ0v) is 17.5. The Morgan fingerprint density at radius 1 is 1.14 bits per heavy atom. The summed E-state index contributed by atoms with van der Waals surface area (Å²) < 4.78 is 5.20. The lowest BCUT2D eigenvalue weighted by atomic mass is 9.92. The highest BCUT2D eigenvalue weighted by Crippen LogP contribution is 2.42. The summed E-state index contributed by atoms with van der Waals surface area (Å²) in [5, 5.41) is 2.86. The molecule has 148 valence electrons. The number of hydrogen-bond donors (Lipinski definition) is 1. The molecule has 1 N–H and O–H groups in total. The molecule has 2 aromatic rings. The van der Waals surface area contributed by atoms with Gasteiger partial charge in [0.2, 0.25) is 11.8 Å². The summed E-state index contributed by atoms with van der Waals surface area (Å²) in [5.41, 5.74) is 2.59. The minimum atomic E-state index is -0.0831. The Hall–Kier alpha value is -2.47. The van der Waals surface area contributed by atoms with Crippen LogP contribution in [-0.2, 0) is 9.59 Å². The maximum atomic E-state index is 12.5. The topological polar surface area (TPSA) is 58.6 Å². The molecule has 1 heterocycles. The second-order valence-electron chi connectivity index (χ2n) is 8.03. The molecule has 0 unspecified atom stereocenters. The largest absolute Gasteiger partial charge is 0.497 e. The van der Waals surface area contributed by atoms with Gasteiger partial charge in [0.1, 0.15) is 11.1 Å². The molecule has 5 nitrogen and oxygen atoms in total. The molecule has 6 heteroatoms. The first kappa shape index (κ1) is 20.3. The highest BCUT2D eigenvalue weighted by atomic mass is 32.2. The van der Waals surface area contributed by atoms with Gasteiger partial charge >= 0.3 is 0 Å². The Bertz CT molecular complexity index is 842. The van der Waals surface area contributed by atoms with Crippen LogP contribution in [0.2, 0.25) is 0 Å². The molecule has 0 spiro atoms. The summed E-state index contributed by atoms with van der Waals surface area (Å²) in [5.74, 6) is 1.30. The summed E-state index contributed by atoms with van der Waals surface area (Å²) in [6.07, 6.45) is 0.465. The van der Waals surface area contributed by atoms with E-state index < -0.39 is 0 Å². The number of carbonyl (C=O) groups excluding carboxylic acids is 2. The average Bonchev–Trinajstić information content (AvgIpc) is 3.02. The van der Waals surface area contributed by atoms with E-state index in [1.807, 2.05) is 74.2 Å². The fourth-order valence-electron chi connectivity index (χ4n) is 3.11. The van der Waals surface area contributed by atoms with E-state index in [2.05, 4.69) is 5.32 Å². The van der Waals surface area contributed by atoms with Crippen molar-refractivity contribution >= 4 is 35.0 Å². The highest BCUT2D eigenvalue weighted by molar-refractivity contribution is 8.00. The number of thioether (sulfide) groups is 1. The van der Waals surface area contributed by atoms with Crippen LogP contribution in [0.5, 0.6) is 5.75 Å². The number of rotatable bonds is 5. The van der Waals surface area contributed by atoms with E-state index in [0.717, 1.165) is 22.7 Å². The van der Waals surface area contributed by atoms with E-state index in [1.165, 1.54) is 0 Å². The van der Waals surface area contributed by atoms with Crippen molar-refractivity contribution in [3.63, 3.8) is 0 Å². The number of hydrogen-bond acceptors (Lipinski definition) is 4. The third kappa shape index (κ3) is 4.87. The van der Waals surface area contributed by atoms with E-state index in [9.17, 15) is 9.59 Å². The van der Waals surface area contributed by atoms with E-state index >= 15 is 0 Å². The SMILES string of the molecule is COc1ccc(N2C(=O)CS[C@H]2c2ccc(NC(=O)CC(C)(C)C)cc2)cc1. The molecule has 1 aliphatic rings. The van der Waals surface area contributed by atoms with Gasteiger partial charge in [-0.25, -0.2) is 0 Å². The number of benzene rings is 2. The predicted molar refractivity (Wildman–Crippen MR) is 115 cm³/mol. The van der Waals surface area contributed by atoms with Gasteiger partial charge < -0.3 is 10.1 Å². The summed E-state index contributed by atoms with van der Waals surface area (Å²) in [6, 6.07) is 15.2. The Kier molecular flexibility index (Phi) is 5.98. The molecule has 1 atom stereocenters. The molecule has 3 rings (SSSR count). The smallest absolute Gasteiger partial charge is 0.238 e. The van der Waals surface area contributed by atoms with Crippen LogP contribution in [0.15, 0.2) is 48.5 Å². The molecule has 2 aromatic carbocycles. The predicted octanol–water partition coefficient (Wildman–Crippen LogP) is 4.85. The molecular formula is C22H26N2O3S. The van der Waals surface area contributed by atoms with Crippen molar-refractivity contribution in [2.75, 3.05) is 23.1 Å². The highest BCUT2D eigenvalue weighted by Gasteiger charge is 2.34. The normalized spacial score (nSPS) is 16.9. The first-order chi connectivity index (χ1) is 13.3. The standard InChI is InChI=1S/C22H26N2O3S/c1-22(2,3)13-19(25)23-16-7-5-15(6-8-16)21-24(20(26)14-28-21)17-9-11-18(27-4)12-10-17/h5-12,21H,13-14H2,1-4H3,(H,23,25)/t21-/m0/s1. The van der Waals surface area contributed by atoms with Gasteiger partial charge in [-0.1, -0.05) is 32.9 Å². The van der Waals surface area contributed by atoms with Crippen LogP contribution in [0.4, 0.5) is 11.4 Å². The van der Waals surface area contributed by atoms with Crippen molar-refractivity contribution in [1.82, 2.24) is 0 Å². The Balaban J connectivity index is 1.74. The van der Waals surface area contributed by atoms with Gasteiger partial charge in [-0.15, -0.1) is 11.8 Å². The van der Waals surface area contributed by atoms with E-state index in [0.29, 0.717) is 12.2 Å². The van der Waals surface area contributed by atoms with E-state index in [4.69, 9.17) is 4.74 Å². The molecule has 0 bridgehead atoms. The van der Waals surface area contributed by atoms with Crippen molar-refractivity contribution < 1.29 is 14.3 Å². The van der Waals surface area contributed by atoms with Crippen LogP contribution in [-0.4, -0.2) is 24.7 Å². The number of nitrogens with one attached hydrogen (secondary N) is 1. The quantitative estimate of drug-likeness (QED) is 0.782. The fraction of sp³-hybridized carbons (Fsp3) is 0.364. The van der Waals surface area contributed by atoms with Crippen molar-refractivity contribution in [1.29, 1.82) is 0 Å². The third-order valence-corrected chi connectivity index (χ3v) is 5.60. The minimum Gasteiger partial charge on any atom is -0.497 e. The van der Waals surface area contributed by atoms with Crippen molar-refractivity contribution in [3.8, 4) is 5.75 Å². The van der Waals surface area contributed by atoms with Crippen molar-refractivity contribution in [2.45, 2.75) is 32.6 Å². The fourth-order valence-corrected chi connectivity index (χ4v) is 4.29. The molecule has 1 fully saturated rings. The van der Waals surface area contributed by atoms with Crippen LogP contribution < -0.4 is 15.0 Å². The molecule has 1 aliphatic heterocycles. The van der Waals surface area contributed by atoms with Gasteiger partial charge in [-0.2, -0.15) is 0 Å². The second-order valence-corrected chi connectivity index (χ2v) is 9.10. The summed E-state index contributed by atoms with van der Waals surface area (Å²) in [7, 11) is 1.62. The van der Waals surface area contributed by atoms with E-state index in [1.54, 1.807) is 18.9 Å². The first-order valence-corrected chi connectivity index (χ1v) is 10.3. The van der Waals surface area contributed by atoms with Crippen molar-refractivity contribution in [3.05, 3.63) is 54.1 Å². The maximum Gasteiger partial charge on any atom is 0.238 e. The summed E-state index contributed by atoms with van der Waals surface area (Å²) >= 11 is 1.60. The van der Waals surface area contributed by atoms with Gasteiger partial charge in [0.05, 0.1) is 12.9 Å². The van der Waals surface area contributed by atoms with Gasteiger partial charge in [-0.3, -0.25) is 14.5 Å². The monoisotopic (exact) mass is 398 g/mol. The molecule has 0 aliphatic carbocycles. The molecule has 0 saturated carbocycles. The second kappa shape index (κ2) is 8.27. The van der Waals surface area contributed by atoms with E-state index in [-0.39, 0.29) is 22.6 Å². The Labute approximate surface area is 170 Å². The van der Waals surface area contributed by atoms with Crippen LogP contribution in [0, 0.1) is 5.41 Å². The zero-order valence-electron chi connectivity index (χ0n) is 16.7. The van der Waals surface area contributed by atoms with Gasteiger partial charge in [-0.05, 0) is 47.4 Å². The number of carbonyl (C=O) groups is 2. The molecule has 1 saturated heterocycles. The van der Waals surface area contributed by atoms with Gasteiger partial charge in [0.15, 0.2) is 0 Å². The number of methoxy groups -OCH3 is 1. The maximum absolute atomic E-state index is 12.5. The molecule has 0 aromatic heterocycles. The molecule has 2 amide bonds. The van der Waals surface area contributed by atoms with Crippen LogP contribution >= 0.6 is 11.8 Å².